The summed E-state index contributed by atoms with van der Waals surface area (Å²) >= 11 is 8.98. The first-order chi connectivity index (χ1) is 4.74. The molecule has 0 heterocycles. The Hall–Kier alpha value is -0.450. The van der Waals surface area contributed by atoms with E-state index in [0.717, 1.165) is 10.0 Å². The van der Waals surface area contributed by atoms with Crippen LogP contribution in [0.3, 0.4) is 0 Å². The molecule has 0 aromatic heterocycles. The minimum atomic E-state index is 0.680. The van der Waals surface area contributed by atoms with Crippen LogP contribution in [-0.4, -0.2) is 0 Å². The molecule has 0 bridgehead atoms. The molecule has 0 amide bonds. The van der Waals surface area contributed by atoms with Gasteiger partial charge < -0.3 is 0 Å². The molecule has 50 valence electrons. The lowest BCUT2D eigenvalue weighted by Crippen LogP contribution is -1.73. The normalized spacial score (nSPS) is 8.90. The fraction of sp³-hybridized carbons (Fsp3) is 0. The van der Waals surface area contributed by atoms with Gasteiger partial charge in [-0.1, -0.05) is 17.5 Å². The Kier molecular flexibility index (Phi) is 2.37. The van der Waals surface area contributed by atoms with Gasteiger partial charge in [0.1, 0.15) is 0 Å². The van der Waals surface area contributed by atoms with Gasteiger partial charge in [-0.15, -0.1) is 6.42 Å². The second-order valence-electron chi connectivity index (χ2n) is 1.77. The molecule has 0 nitrogen and oxygen atoms in total. The first-order valence-corrected chi connectivity index (χ1v) is 3.83. The zero-order valence-corrected chi connectivity index (χ0v) is 7.41. The number of halogens is 2. The Labute approximate surface area is 73.3 Å². The van der Waals surface area contributed by atoms with E-state index in [-0.39, 0.29) is 0 Å². The molecule has 0 saturated carbocycles. The van der Waals surface area contributed by atoms with Crippen LogP contribution in [0.4, 0.5) is 0 Å². The third-order valence-corrected chi connectivity index (χ3v) is 2.30. The van der Waals surface area contributed by atoms with E-state index in [4.69, 9.17) is 18.0 Å². The molecule has 2 heteroatoms. The van der Waals surface area contributed by atoms with Crippen molar-refractivity contribution in [1.82, 2.24) is 0 Å². The highest BCUT2D eigenvalue weighted by molar-refractivity contribution is 9.10. The van der Waals surface area contributed by atoms with Crippen LogP contribution in [0.25, 0.3) is 0 Å². The van der Waals surface area contributed by atoms with Gasteiger partial charge in [-0.3, -0.25) is 0 Å². The summed E-state index contributed by atoms with van der Waals surface area (Å²) < 4.78 is 0.838. The molecule has 0 aliphatic carbocycles. The summed E-state index contributed by atoms with van der Waals surface area (Å²) in [7, 11) is 0. The smallest absolute Gasteiger partial charge is 0.0548 e. The van der Waals surface area contributed by atoms with Crippen LogP contribution in [0.5, 0.6) is 0 Å². The van der Waals surface area contributed by atoms with Crippen molar-refractivity contribution in [3.8, 4) is 12.3 Å². The number of hydrogen-bond donors (Lipinski definition) is 0. The van der Waals surface area contributed by atoms with Gasteiger partial charge in [0.2, 0.25) is 0 Å². The second-order valence-corrected chi connectivity index (χ2v) is 3.03. The second kappa shape index (κ2) is 3.09. The van der Waals surface area contributed by atoms with Crippen LogP contribution in [-0.2, 0) is 0 Å². The van der Waals surface area contributed by atoms with E-state index in [2.05, 4.69) is 21.9 Å². The van der Waals surface area contributed by atoms with Gasteiger partial charge in [-0.05, 0) is 34.1 Å². The fourth-order valence-corrected chi connectivity index (χ4v) is 1.08. The van der Waals surface area contributed by atoms with Gasteiger partial charge in [0, 0.05) is 10.0 Å². The molecule has 0 saturated heterocycles. The molecular weight excluding hydrogens is 211 g/mol. The monoisotopic (exact) mass is 214 g/mol. The van der Waals surface area contributed by atoms with Crippen LogP contribution >= 0.6 is 27.5 Å². The lowest BCUT2D eigenvalue weighted by molar-refractivity contribution is 1.60. The largest absolute Gasteiger partial charge is 0.115 e. The molecule has 0 N–H and O–H groups in total. The zero-order valence-electron chi connectivity index (χ0n) is 5.07. The predicted molar refractivity (Wildman–Crippen MR) is 47.1 cm³/mol. The number of hydrogen-bond acceptors (Lipinski definition) is 0. The van der Waals surface area contributed by atoms with Gasteiger partial charge in [0.25, 0.3) is 0 Å². The van der Waals surface area contributed by atoms with Crippen molar-refractivity contribution < 1.29 is 0 Å². The summed E-state index contributed by atoms with van der Waals surface area (Å²) in [6.45, 7) is 0. The molecule has 0 atom stereocenters. The number of rotatable bonds is 0. The highest BCUT2D eigenvalue weighted by Gasteiger charge is 1.94. The topological polar surface area (TPSA) is 0 Å². The van der Waals surface area contributed by atoms with Crippen molar-refractivity contribution in [3.05, 3.63) is 33.3 Å². The maximum atomic E-state index is 5.72. The van der Waals surface area contributed by atoms with Gasteiger partial charge in [-0.25, -0.2) is 0 Å². The lowest BCUT2D eigenvalue weighted by atomic mass is 10.2. The first kappa shape index (κ1) is 7.65. The van der Waals surface area contributed by atoms with Crippen LogP contribution in [0.15, 0.2) is 22.7 Å². The molecule has 10 heavy (non-hydrogen) atoms. The number of terminal acetylenes is 1. The predicted octanol–water partition coefficient (Wildman–Crippen LogP) is 3.08. The third-order valence-electron chi connectivity index (χ3n) is 1.09. The Morgan fingerprint density at radius 2 is 2.20 bits per heavy atom. The summed E-state index contributed by atoms with van der Waals surface area (Å²) in [5.41, 5.74) is 0.830. The van der Waals surface area contributed by atoms with E-state index >= 15 is 0 Å². The van der Waals surface area contributed by atoms with E-state index in [1.807, 2.05) is 6.07 Å². The van der Waals surface area contributed by atoms with E-state index in [1.165, 1.54) is 0 Å². The Morgan fingerprint density at radius 1 is 1.50 bits per heavy atom. The highest BCUT2D eigenvalue weighted by Crippen LogP contribution is 2.22. The molecule has 0 fully saturated rings. The molecular formula is C8H4BrCl. The fourth-order valence-electron chi connectivity index (χ4n) is 0.586. The Bertz CT molecular complexity index is 286. The summed E-state index contributed by atoms with van der Waals surface area (Å²) in [5.74, 6) is 2.51. The quantitative estimate of drug-likeness (QED) is 0.584. The van der Waals surface area contributed by atoms with E-state index < -0.39 is 0 Å². The van der Waals surface area contributed by atoms with Crippen LogP contribution in [0.2, 0.25) is 5.02 Å². The molecule has 0 radical (unpaired) electrons. The van der Waals surface area contributed by atoms with Crippen LogP contribution in [0, 0.1) is 12.3 Å². The average molecular weight is 215 g/mol. The van der Waals surface area contributed by atoms with E-state index in [0.29, 0.717) is 5.02 Å². The average Bonchev–Trinajstić information content (AvgIpc) is 1.95. The van der Waals surface area contributed by atoms with Crippen LogP contribution in [0.1, 0.15) is 5.56 Å². The van der Waals surface area contributed by atoms with Gasteiger partial charge in [-0.2, -0.15) is 0 Å². The molecule has 1 rings (SSSR count). The SMILES string of the molecule is C#Cc1ccc(Cl)c(Br)c1. The van der Waals surface area contributed by atoms with Gasteiger partial charge in [0.15, 0.2) is 0 Å². The zero-order chi connectivity index (χ0) is 7.56. The van der Waals surface area contributed by atoms with Crippen molar-refractivity contribution in [2.75, 3.05) is 0 Å². The van der Waals surface area contributed by atoms with Crippen molar-refractivity contribution in [1.29, 1.82) is 0 Å². The standard InChI is InChI=1S/C8H4BrCl/c1-2-6-3-4-8(10)7(9)5-6/h1,3-5H. The van der Waals surface area contributed by atoms with Crippen LogP contribution < -0.4 is 0 Å². The van der Waals surface area contributed by atoms with Crippen molar-refractivity contribution in [2.24, 2.45) is 0 Å². The molecule has 0 aliphatic heterocycles. The van der Waals surface area contributed by atoms with Gasteiger partial charge >= 0.3 is 0 Å². The minimum absolute atomic E-state index is 0.680. The van der Waals surface area contributed by atoms with E-state index in [9.17, 15) is 0 Å². The third kappa shape index (κ3) is 1.53. The van der Waals surface area contributed by atoms with Crippen molar-refractivity contribution in [2.45, 2.75) is 0 Å². The summed E-state index contributed by atoms with van der Waals surface area (Å²) in [4.78, 5) is 0. The molecule has 0 unspecified atom stereocenters. The van der Waals surface area contributed by atoms with E-state index in [1.54, 1.807) is 12.1 Å². The lowest BCUT2D eigenvalue weighted by Gasteiger charge is -1.94. The molecule has 1 aromatic rings. The molecule has 0 aliphatic rings. The summed E-state index contributed by atoms with van der Waals surface area (Å²) in [6, 6.07) is 5.37. The highest BCUT2D eigenvalue weighted by atomic mass is 79.9. The van der Waals surface area contributed by atoms with Crippen molar-refractivity contribution in [3.63, 3.8) is 0 Å². The van der Waals surface area contributed by atoms with Gasteiger partial charge in [0.05, 0.1) is 5.02 Å². The maximum absolute atomic E-state index is 5.72. The summed E-state index contributed by atoms with van der Waals surface area (Å²) in [5, 5.41) is 0.680. The number of benzene rings is 1. The maximum Gasteiger partial charge on any atom is 0.0548 e. The van der Waals surface area contributed by atoms with Crippen molar-refractivity contribution >= 4 is 27.5 Å². The molecule has 0 spiro atoms. The minimum Gasteiger partial charge on any atom is -0.115 e. The Morgan fingerprint density at radius 3 is 2.70 bits per heavy atom. The summed E-state index contributed by atoms with van der Waals surface area (Å²) in [6.07, 6.45) is 5.15. The molecule has 1 aromatic carbocycles. The first-order valence-electron chi connectivity index (χ1n) is 2.65. The Balaban J connectivity index is 3.20.